The van der Waals surface area contributed by atoms with Gasteiger partial charge in [-0.15, -0.1) is 0 Å². The molecule has 88 valence electrons. The summed E-state index contributed by atoms with van der Waals surface area (Å²) >= 11 is 0. The molecule has 2 atom stereocenters. The Balaban J connectivity index is 2.28. The molecular weight excluding hydrogens is 196 g/mol. The van der Waals surface area contributed by atoms with Crippen LogP contribution in [0.3, 0.4) is 0 Å². The Bertz CT molecular complexity index is 371. The zero-order valence-electron chi connectivity index (χ0n) is 10.5. The summed E-state index contributed by atoms with van der Waals surface area (Å²) in [6, 6.07) is 7.72. The van der Waals surface area contributed by atoms with Crippen LogP contribution in [0.1, 0.15) is 31.9 Å². The van der Waals surface area contributed by atoms with Crippen LogP contribution in [0.2, 0.25) is 0 Å². The molecule has 1 aromatic carbocycles. The average molecular weight is 218 g/mol. The molecule has 0 saturated heterocycles. The predicted octanol–water partition coefficient (Wildman–Crippen LogP) is 2.35. The molecule has 2 heteroatoms. The van der Waals surface area contributed by atoms with Crippen LogP contribution in [0, 0.1) is 0 Å². The fraction of sp³-hybridized carbons (Fsp3) is 0.571. The number of nitrogens with zero attached hydrogens (tertiary/aromatic N) is 1. The Hall–Kier alpha value is -1.02. The second-order valence-electron chi connectivity index (χ2n) is 4.98. The monoisotopic (exact) mass is 218 g/mol. The molecule has 0 aliphatic carbocycles. The van der Waals surface area contributed by atoms with Crippen LogP contribution >= 0.6 is 0 Å². The molecule has 0 spiro atoms. The highest BCUT2D eigenvalue weighted by Gasteiger charge is 2.24. The summed E-state index contributed by atoms with van der Waals surface area (Å²) in [5.41, 5.74) is 10.1. The van der Waals surface area contributed by atoms with Crippen molar-refractivity contribution in [3.8, 4) is 0 Å². The maximum absolute atomic E-state index is 5.85. The lowest BCUT2D eigenvalue weighted by molar-refractivity contribution is 0.690. The molecule has 1 heterocycles. The van der Waals surface area contributed by atoms with Crippen molar-refractivity contribution >= 4 is 5.69 Å². The fourth-order valence-electron chi connectivity index (χ4n) is 2.70. The van der Waals surface area contributed by atoms with E-state index in [1.54, 1.807) is 0 Å². The third-order valence-electron chi connectivity index (χ3n) is 3.40. The Morgan fingerprint density at radius 2 is 2.25 bits per heavy atom. The Kier molecular flexibility index (Phi) is 3.20. The second kappa shape index (κ2) is 4.46. The third kappa shape index (κ3) is 2.07. The molecule has 0 fully saturated rings. The Morgan fingerprint density at radius 3 is 2.88 bits per heavy atom. The highest BCUT2D eigenvalue weighted by molar-refractivity contribution is 5.60. The number of nitrogens with two attached hydrogens (primary N) is 1. The van der Waals surface area contributed by atoms with E-state index in [-0.39, 0.29) is 6.04 Å². The highest BCUT2D eigenvalue weighted by Crippen LogP contribution is 2.32. The number of rotatable bonds is 3. The van der Waals surface area contributed by atoms with E-state index in [1.807, 2.05) is 0 Å². The molecule has 0 saturated carbocycles. The summed E-state index contributed by atoms with van der Waals surface area (Å²) in [7, 11) is 0. The molecule has 2 rings (SSSR count). The first-order valence-corrected chi connectivity index (χ1v) is 6.25. The summed E-state index contributed by atoms with van der Waals surface area (Å²) in [5, 5.41) is 0. The van der Waals surface area contributed by atoms with Gasteiger partial charge in [-0.2, -0.15) is 0 Å². The van der Waals surface area contributed by atoms with Crippen LogP contribution in [0.4, 0.5) is 5.69 Å². The molecule has 1 aromatic rings. The molecule has 2 unspecified atom stereocenters. The number of benzene rings is 1. The van der Waals surface area contributed by atoms with Gasteiger partial charge in [0.05, 0.1) is 0 Å². The van der Waals surface area contributed by atoms with Crippen LogP contribution in [0.5, 0.6) is 0 Å². The van der Waals surface area contributed by atoms with Crippen molar-refractivity contribution in [2.45, 2.75) is 45.7 Å². The van der Waals surface area contributed by atoms with Crippen LogP contribution < -0.4 is 10.6 Å². The van der Waals surface area contributed by atoms with Gasteiger partial charge in [-0.25, -0.2) is 0 Å². The molecule has 2 nitrogen and oxygen atoms in total. The lowest BCUT2D eigenvalue weighted by atomic mass is 10.0. The molecule has 0 aromatic heterocycles. The smallest absolute Gasteiger partial charge is 0.0404 e. The third-order valence-corrected chi connectivity index (χ3v) is 3.40. The lowest BCUT2D eigenvalue weighted by Gasteiger charge is -2.23. The lowest BCUT2D eigenvalue weighted by Crippen LogP contribution is -2.28. The van der Waals surface area contributed by atoms with Crippen LogP contribution in [-0.4, -0.2) is 18.6 Å². The van der Waals surface area contributed by atoms with E-state index in [1.165, 1.54) is 23.2 Å². The number of hydrogen-bond donors (Lipinski definition) is 1. The van der Waals surface area contributed by atoms with E-state index in [9.17, 15) is 0 Å². The quantitative estimate of drug-likeness (QED) is 0.844. The van der Waals surface area contributed by atoms with Gasteiger partial charge in [-0.05, 0) is 50.8 Å². The van der Waals surface area contributed by atoms with E-state index < -0.39 is 0 Å². The maximum Gasteiger partial charge on any atom is 0.0404 e. The number of fused-ring (bicyclic) bond motifs is 1. The highest BCUT2D eigenvalue weighted by atomic mass is 15.2. The van der Waals surface area contributed by atoms with Gasteiger partial charge >= 0.3 is 0 Å². The maximum atomic E-state index is 5.85. The first kappa shape index (κ1) is 11.5. The molecule has 0 bridgehead atoms. The normalized spacial score (nSPS) is 21.0. The fourth-order valence-corrected chi connectivity index (χ4v) is 2.70. The minimum Gasteiger partial charge on any atom is -0.369 e. The van der Waals surface area contributed by atoms with Crippen LogP contribution in [0.25, 0.3) is 0 Å². The van der Waals surface area contributed by atoms with Gasteiger partial charge in [0.15, 0.2) is 0 Å². The van der Waals surface area contributed by atoms with Gasteiger partial charge < -0.3 is 10.6 Å². The van der Waals surface area contributed by atoms with Gasteiger partial charge in [-0.3, -0.25) is 0 Å². The van der Waals surface area contributed by atoms with E-state index >= 15 is 0 Å². The molecule has 1 aliphatic rings. The number of anilines is 1. The zero-order valence-corrected chi connectivity index (χ0v) is 10.5. The van der Waals surface area contributed by atoms with E-state index in [0.29, 0.717) is 6.04 Å². The van der Waals surface area contributed by atoms with Crippen LogP contribution in [0.15, 0.2) is 18.2 Å². The molecule has 0 radical (unpaired) electrons. The van der Waals surface area contributed by atoms with E-state index in [4.69, 9.17) is 5.73 Å². The average Bonchev–Trinajstić information content (AvgIpc) is 2.52. The largest absolute Gasteiger partial charge is 0.369 e. The molecule has 2 N–H and O–H groups in total. The van der Waals surface area contributed by atoms with Crippen molar-refractivity contribution in [3.05, 3.63) is 29.3 Å². The summed E-state index contributed by atoms with van der Waals surface area (Å²) in [5.74, 6) is 0. The molecule has 16 heavy (non-hydrogen) atoms. The summed E-state index contributed by atoms with van der Waals surface area (Å²) in [4.78, 5) is 2.49. The van der Waals surface area contributed by atoms with E-state index in [2.05, 4.69) is 43.9 Å². The molecule has 1 aliphatic heterocycles. The molecule has 0 amide bonds. The summed E-state index contributed by atoms with van der Waals surface area (Å²) in [6.45, 7) is 7.68. The summed E-state index contributed by atoms with van der Waals surface area (Å²) < 4.78 is 0. The van der Waals surface area contributed by atoms with Gasteiger partial charge in [0.2, 0.25) is 0 Å². The SMILES string of the molecule is CCN1c2cc(CC(C)N)ccc2CC1C. The summed E-state index contributed by atoms with van der Waals surface area (Å²) in [6.07, 6.45) is 2.15. The van der Waals surface area contributed by atoms with Gasteiger partial charge in [0, 0.05) is 24.3 Å². The van der Waals surface area contributed by atoms with Gasteiger partial charge in [0.25, 0.3) is 0 Å². The van der Waals surface area contributed by atoms with Crippen molar-refractivity contribution in [1.29, 1.82) is 0 Å². The Morgan fingerprint density at radius 1 is 1.50 bits per heavy atom. The first-order chi connectivity index (χ1) is 7.61. The van der Waals surface area contributed by atoms with Crippen molar-refractivity contribution < 1.29 is 0 Å². The van der Waals surface area contributed by atoms with Gasteiger partial charge in [0.1, 0.15) is 0 Å². The second-order valence-corrected chi connectivity index (χ2v) is 4.98. The van der Waals surface area contributed by atoms with Crippen molar-refractivity contribution in [3.63, 3.8) is 0 Å². The topological polar surface area (TPSA) is 29.3 Å². The van der Waals surface area contributed by atoms with Gasteiger partial charge in [-0.1, -0.05) is 12.1 Å². The van der Waals surface area contributed by atoms with Crippen molar-refractivity contribution in [2.75, 3.05) is 11.4 Å². The predicted molar refractivity (Wildman–Crippen MR) is 70.0 cm³/mol. The van der Waals surface area contributed by atoms with Crippen molar-refractivity contribution in [2.24, 2.45) is 5.73 Å². The van der Waals surface area contributed by atoms with Crippen LogP contribution in [-0.2, 0) is 12.8 Å². The minimum absolute atomic E-state index is 0.243. The number of hydrogen-bond acceptors (Lipinski definition) is 2. The first-order valence-electron chi connectivity index (χ1n) is 6.25. The number of likely N-dealkylation sites (N-methyl/N-ethyl adjacent to an activating group) is 1. The van der Waals surface area contributed by atoms with Crippen molar-refractivity contribution in [1.82, 2.24) is 0 Å². The van der Waals surface area contributed by atoms with E-state index in [0.717, 1.165) is 13.0 Å². The minimum atomic E-state index is 0.243. The molecular formula is C14H22N2. The Labute approximate surface area is 98.4 Å². The zero-order chi connectivity index (χ0) is 11.7. The standard InChI is InChI=1S/C14H22N2/c1-4-16-11(3)8-13-6-5-12(7-10(2)15)9-14(13)16/h5-6,9-11H,4,7-8,15H2,1-3H3.